The quantitative estimate of drug-likeness (QED) is 0.681. The first kappa shape index (κ1) is 11.3. The first-order valence-corrected chi connectivity index (χ1v) is 5.32. The van der Waals surface area contributed by atoms with Crippen molar-refractivity contribution in [1.82, 2.24) is 14.1 Å². The number of rotatable bonds is 2. The van der Waals surface area contributed by atoms with Crippen LogP contribution in [0.4, 0.5) is 0 Å². The summed E-state index contributed by atoms with van der Waals surface area (Å²) in [4.78, 5) is 4.83. The van der Waals surface area contributed by atoms with Gasteiger partial charge in [0.25, 0.3) is 0 Å². The zero-order valence-electron chi connectivity index (χ0n) is 9.06. The molecule has 13 heavy (non-hydrogen) atoms. The first-order valence-electron chi connectivity index (χ1n) is 4.92. The fraction of sp³-hybridized carbons (Fsp3) is 1.00. The summed E-state index contributed by atoms with van der Waals surface area (Å²) in [7, 11) is 0. The van der Waals surface area contributed by atoms with Crippen LogP contribution in [-0.2, 0) is 0 Å². The van der Waals surface area contributed by atoms with Crippen molar-refractivity contribution >= 4 is 12.8 Å². The summed E-state index contributed by atoms with van der Waals surface area (Å²) in [5.41, 5.74) is 0. The van der Waals surface area contributed by atoms with Gasteiger partial charge < -0.3 is 0 Å². The summed E-state index contributed by atoms with van der Waals surface area (Å²) in [5.74, 6) is 0. The number of nitrogens with zero attached hydrogens (tertiary/aromatic N) is 3. The number of hydrogen-bond donors (Lipinski definition) is 1. The molecule has 0 spiro atoms. The zero-order valence-corrected chi connectivity index (χ0v) is 9.96. The van der Waals surface area contributed by atoms with Crippen molar-refractivity contribution in [3.63, 3.8) is 0 Å². The molecule has 0 unspecified atom stereocenters. The van der Waals surface area contributed by atoms with Crippen molar-refractivity contribution < 1.29 is 0 Å². The number of hydrogen-bond acceptors (Lipinski definition) is 4. The highest BCUT2D eigenvalue weighted by atomic mass is 32.1. The van der Waals surface area contributed by atoms with E-state index in [0.717, 1.165) is 20.0 Å². The molecule has 4 heteroatoms. The Morgan fingerprint density at radius 1 is 0.846 bits per heavy atom. The standard InChI is InChI=1S/C9H21N3S/c1-8(2)10-5-11(9(3)4)7-12(13)6-10/h8-9,13H,5-7H2,1-4H3. The van der Waals surface area contributed by atoms with E-state index in [2.05, 4.69) is 54.6 Å². The maximum Gasteiger partial charge on any atom is 0.0631 e. The predicted octanol–water partition coefficient (Wildman–Crippen LogP) is 1.44. The second kappa shape index (κ2) is 4.64. The van der Waals surface area contributed by atoms with Gasteiger partial charge in [0.05, 0.1) is 20.0 Å². The third kappa shape index (κ3) is 3.13. The normalized spacial score (nSPS) is 23.3. The lowest BCUT2D eigenvalue weighted by atomic mass is 10.3. The van der Waals surface area contributed by atoms with Gasteiger partial charge in [-0.2, -0.15) is 0 Å². The Kier molecular flexibility index (Phi) is 4.04. The van der Waals surface area contributed by atoms with Crippen LogP contribution in [0, 0.1) is 0 Å². The zero-order chi connectivity index (χ0) is 10.0. The van der Waals surface area contributed by atoms with Crippen molar-refractivity contribution in [1.29, 1.82) is 0 Å². The molecule has 0 aromatic heterocycles. The Labute approximate surface area is 87.2 Å². The molecule has 0 N–H and O–H groups in total. The molecular weight excluding hydrogens is 182 g/mol. The van der Waals surface area contributed by atoms with E-state index in [1.807, 2.05) is 0 Å². The van der Waals surface area contributed by atoms with Crippen molar-refractivity contribution in [3.8, 4) is 0 Å². The molecule has 78 valence electrons. The van der Waals surface area contributed by atoms with Crippen LogP contribution in [0.1, 0.15) is 27.7 Å². The van der Waals surface area contributed by atoms with Gasteiger partial charge in [0, 0.05) is 12.1 Å². The fourth-order valence-electron chi connectivity index (χ4n) is 1.44. The summed E-state index contributed by atoms with van der Waals surface area (Å²) in [6.07, 6.45) is 0. The molecule has 0 amide bonds. The van der Waals surface area contributed by atoms with Crippen molar-refractivity contribution in [3.05, 3.63) is 0 Å². The first-order chi connectivity index (χ1) is 6.00. The second-order valence-corrected chi connectivity index (χ2v) is 4.86. The van der Waals surface area contributed by atoms with Crippen LogP contribution < -0.4 is 0 Å². The van der Waals surface area contributed by atoms with Gasteiger partial charge in [-0.15, -0.1) is 0 Å². The highest BCUT2D eigenvalue weighted by molar-refractivity contribution is 7.77. The minimum absolute atomic E-state index is 0.594. The monoisotopic (exact) mass is 203 g/mol. The van der Waals surface area contributed by atoms with Gasteiger partial charge in [-0.3, -0.25) is 9.80 Å². The summed E-state index contributed by atoms with van der Waals surface area (Å²) >= 11 is 4.42. The van der Waals surface area contributed by atoms with E-state index >= 15 is 0 Å². The summed E-state index contributed by atoms with van der Waals surface area (Å²) < 4.78 is 2.06. The maximum absolute atomic E-state index is 4.42. The van der Waals surface area contributed by atoms with E-state index in [9.17, 15) is 0 Å². The summed E-state index contributed by atoms with van der Waals surface area (Å²) in [6.45, 7) is 11.9. The largest absolute Gasteiger partial charge is 0.274 e. The van der Waals surface area contributed by atoms with Crippen LogP contribution in [0.25, 0.3) is 0 Å². The third-order valence-electron chi connectivity index (χ3n) is 2.51. The topological polar surface area (TPSA) is 9.72 Å². The average Bonchev–Trinajstić information content (AvgIpc) is 2.03. The average molecular weight is 203 g/mol. The van der Waals surface area contributed by atoms with Gasteiger partial charge in [-0.25, -0.2) is 4.31 Å². The SMILES string of the molecule is CC(C)N1CN(S)CN(C(C)C)C1. The van der Waals surface area contributed by atoms with Gasteiger partial charge in [0.2, 0.25) is 0 Å². The molecule has 0 radical (unpaired) electrons. The Bertz CT molecular complexity index is 145. The van der Waals surface area contributed by atoms with Crippen LogP contribution in [0.5, 0.6) is 0 Å². The molecule has 1 saturated heterocycles. The van der Waals surface area contributed by atoms with E-state index in [4.69, 9.17) is 0 Å². The lowest BCUT2D eigenvalue weighted by Gasteiger charge is -2.43. The molecule has 1 aliphatic rings. The van der Waals surface area contributed by atoms with Crippen LogP contribution in [0.3, 0.4) is 0 Å². The molecule has 1 aliphatic heterocycles. The van der Waals surface area contributed by atoms with E-state index in [1.165, 1.54) is 0 Å². The van der Waals surface area contributed by atoms with Gasteiger partial charge >= 0.3 is 0 Å². The number of thiol groups is 1. The van der Waals surface area contributed by atoms with Gasteiger partial charge in [0.15, 0.2) is 0 Å². The van der Waals surface area contributed by atoms with Crippen LogP contribution in [-0.4, -0.2) is 46.2 Å². The smallest absolute Gasteiger partial charge is 0.0631 e. The molecule has 0 aromatic rings. The van der Waals surface area contributed by atoms with E-state index < -0.39 is 0 Å². The summed E-state index contributed by atoms with van der Waals surface area (Å²) in [5, 5.41) is 0. The minimum Gasteiger partial charge on any atom is -0.274 e. The van der Waals surface area contributed by atoms with Crippen molar-refractivity contribution in [2.24, 2.45) is 0 Å². The third-order valence-corrected chi connectivity index (χ3v) is 2.77. The highest BCUT2D eigenvalue weighted by Crippen LogP contribution is 2.14. The van der Waals surface area contributed by atoms with Gasteiger partial charge in [-0.05, 0) is 27.7 Å². The highest BCUT2D eigenvalue weighted by Gasteiger charge is 2.24. The van der Waals surface area contributed by atoms with Crippen LogP contribution in [0.15, 0.2) is 0 Å². The molecule has 3 nitrogen and oxygen atoms in total. The molecule has 1 fully saturated rings. The van der Waals surface area contributed by atoms with E-state index in [0.29, 0.717) is 12.1 Å². The second-order valence-electron chi connectivity index (χ2n) is 4.30. The van der Waals surface area contributed by atoms with Gasteiger partial charge in [-0.1, -0.05) is 12.8 Å². The van der Waals surface area contributed by atoms with E-state index in [1.54, 1.807) is 0 Å². The molecule has 1 rings (SSSR count). The fourth-order valence-corrected chi connectivity index (χ4v) is 1.76. The predicted molar refractivity (Wildman–Crippen MR) is 59.4 cm³/mol. The molecule has 0 aliphatic carbocycles. The van der Waals surface area contributed by atoms with Crippen molar-refractivity contribution in [2.45, 2.75) is 39.8 Å². The molecule has 1 heterocycles. The molecular formula is C9H21N3S. The van der Waals surface area contributed by atoms with Crippen LogP contribution in [0.2, 0.25) is 0 Å². The maximum atomic E-state index is 4.42. The molecule has 0 atom stereocenters. The lowest BCUT2D eigenvalue weighted by molar-refractivity contribution is -0.0151. The summed E-state index contributed by atoms with van der Waals surface area (Å²) in [6, 6.07) is 1.19. The molecule has 0 aromatic carbocycles. The van der Waals surface area contributed by atoms with Crippen LogP contribution >= 0.6 is 12.8 Å². The van der Waals surface area contributed by atoms with E-state index in [-0.39, 0.29) is 0 Å². The Balaban J connectivity index is 2.52. The van der Waals surface area contributed by atoms with Gasteiger partial charge in [0.1, 0.15) is 0 Å². The Hall–Kier alpha value is 0.230. The molecule has 0 saturated carbocycles. The Morgan fingerprint density at radius 2 is 1.23 bits per heavy atom. The molecule has 0 bridgehead atoms. The minimum atomic E-state index is 0.594. The van der Waals surface area contributed by atoms with Crippen molar-refractivity contribution in [2.75, 3.05) is 20.0 Å². The lowest BCUT2D eigenvalue weighted by Crippen LogP contribution is -2.55. The Morgan fingerprint density at radius 3 is 1.54 bits per heavy atom.